The molecule has 0 amide bonds. The number of benzene rings is 1. The van der Waals surface area contributed by atoms with Crippen LogP contribution in [0.1, 0.15) is 12.0 Å². The maximum atomic E-state index is 12.7. The Kier molecular flexibility index (Phi) is 4.73. The van der Waals surface area contributed by atoms with Gasteiger partial charge in [-0.2, -0.15) is 0 Å². The smallest absolute Gasteiger partial charge is 0.201 e. The third-order valence-corrected chi connectivity index (χ3v) is 4.84. The third-order valence-electron chi connectivity index (χ3n) is 4.34. The van der Waals surface area contributed by atoms with Crippen LogP contribution < -0.4 is 15.2 Å². The van der Waals surface area contributed by atoms with E-state index in [2.05, 4.69) is 7.05 Å². The van der Waals surface area contributed by atoms with E-state index < -0.39 is 0 Å². The number of hydrogen-bond acceptors (Lipinski definition) is 2. The normalized spacial score (nSPS) is 22.7. The second kappa shape index (κ2) is 6.59. The van der Waals surface area contributed by atoms with Crippen molar-refractivity contribution in [3.05, 3.63) is 44.2 Å². The van der Waals surface area contributed by atoms with Gasteiger partial charge in [0.05, 0.1) is 36.1 Å². The van der Waals surface area contributed by atoms with E-state index in [0.717, 1.165) is 19.6 Å². The fourth-order valence-corrected chi connectivity index (χ4v) is 3.59. The fraction of sp³-hybridized carbons (Fsp3) is 0.438. The van der Waals surface area contributed by atoms with Crippen LogP contribution in [0.2, 0.25) is 10.0 Å². The molecular weight excluding hydrogens is 323 g/mol. The molecule has 1 fully saturated rings. The summed E-state index contributed by atoms with van der Waals surface area (Å²) in [4.78, 5) is 15.6. The largest absolute Gasteiger partial charge is 0.462 e. The van der Waals surface area contributed by atoms with E-state index in [9.17, 15) is 4.79 Å². The first-order valence-corrected chi connectivity index (χ1v) is 8.34. The van der Waals surface area contributed by atoms with Crippen molar-refractivity contribution >= 4 is 34.2 Å². The summed E-state index contributed by atoms with van der Waals surface area (Å²) in [7, 11) is 2.22. The van der Waals surface area contributed by atoms with E-state index in [1.54, 1.807) is 23.3 Å². The monoisotopic (exact) mass is 342 g/mol. The van der Waals surface area contributed by atoms with E-state index in [1.165, 1.54) is 17.9 Å². The number of fused-ring (bicyclic) bond motifs is 1. The number of halogens is 2. The maximum Gasteiger partial charge on any atom is 0.201 e. The lowest BCUT2D eigenvalue weighted by Gasteiger charge is -2.15. The summed E-state index contributed by atoms with van der Waals surface area (Å²) < 4.78 is 5.59. The van der Waals surface area contributed by atoms with Crippen molar-refractivity contribution in [3.8, 4) is 0 Å². The second-order valence-electron chi connectivity index (χ2n) is 6.09. The van der Waals surface area contributed by atoms with E-state index in [0.29, 0.717) is 33.1 Å². The standard InChI is InChI=1S/C16H18Cl2N2O2/c1-19-3-2-4-20(6-5-19)9-11-10-22-16-13(15(11)21)7-12(17)8-14(16)18/h7-8,10H,2-6,9H2,1H3/p+2. The Morgan fingerprint density at radius 3 is 2.82 bits per heavy atom. The van der Waals surface area contributed by atoms with Gasteiger partial charge in [0, 0.05) is 11.4 Å². The number of quaternary nitrogens is 2. The van der Waals surface area contributed by atoms with Crippen LogP contribution in [0.25, 0.3) is 11.0 Å². The predicted molar refractivity (Wildman–Crippen MR) is 88.1 cm³/mol. The zero-order chi connectivity index (χ0) is 15.7. The number of rotatable bonds is 2. The molecule has 6 heteroatoms. The van der Waals surface area contributed by atoms with Crippen LogP contribution in [0.3, 0.4) is 0 Å². The predicted octanol–water partition coefficient (Wildman–Crippen LogP) is 0.403. The first kappa shape index (κ1) is 15.8. The summed E-state index contributed by atoms with van der Waals surface area (Å²) >= 11 is 12.1. The Labute approximate surface area is 139 Å². The van der Waals surface area contributed by atoms with Crippen molar-refractivity contribution in [1.82, 2.24) is 0 Å². The van der Waals surface area contributed by atoms with Gasteiger partial charge in [0.25, 0.3) is 0 Å². The summed E-state index contributed by atoms with van der Waals surface area (Å²) in [5, 5.41) is 1.29. The first-order chi connectivity index (χ1) is 10.5. The zero-order valence-electron chi connectivity index (χ0n) is 12.5. The molecule has 2 aromatic rings. The number of likely N-dealkylation sites (N-methyl/N-ethyl adjacent to an activating group) is 1. The molecule has 0 bridgehead atoms. The van der Waals surface area contributed by atoms with E-state index in [4.69, 9.17) is 27.6 Å². The minimum atomic E-state index is -0.0249. The maximum absolute atomic E-state index is 12.7. The Morgan fingerprint density at radius 2 is 2.00 bits per heavy atom. The van der Waals surface area contributed by atoms with E-state index in [-0.39, 0.29) is 5.43 Å². The Morgan fingerprint density at radius 1 is 1.18 bits per heavy atom. The van der Waals surface area contributed by atoms with Crippen LogP contribution >= 0.6 is 23.2 Å². The highest BCUT2D eigenvalue weighted by Crippen LogP contribution is 2.26. The number of nitrogens with one attached hydrogen (secondary N) is 2. The lowest BCUT2D eigenvalue weighted by Crippen LogP contribution is -3.15. The molecule has 2 heterocycles. The molecule has 118 valence electrons. The Bertz CT molecular complexity index is 745. The van der Waals surface area contributed by atoms with Gasteiger partial charge in [0.15, 0.2) is 5.58 Å². The quantitative estimate of drug-likeness (QED) is 0.829. The zero-order valence-corrected chi connectivity index (χ0v) is 14.1. The van der Waals surface area contributed by atoms with Crippen LogP contribution in [-0.2, 0) is 6.54 Å². The molecule has 2 unspecified atom stereocenters. The summed E-state index contributed by atoms with van der Waals surface area (Å²) in [5.41, 5.74) is 1.08. The Hall–Kier alpha value is -1.07. The topological polar surface area (TPSA) is 39.1 Å². The molecule has 0 saturated carbocycles. The molecule has 1 aromatic heterocycles. The van der Waals surface area contributed by atoms with E-state index >= 15 is 0 Å². The lowest BCUT2D eigenvalue weighted by molar-refractivity contribution is -0.938. The first-order valence-electron chi connectivity index (χ1n) is 7.59. The van der Waals surface area contributed by atoms with Gasteiger partial charge < -0.3 is 14.2 Å². The van der Waals surface area contributed by atoms with Crippen LogP contribution in [0.5, 0.6) is 0 Å². The van der Waals surface area contributed by atoms with Crippen LogP contribution in [0.4, 0.5) is 0 Å². The Balaban J connectivity index is 1.91. The van der Waals surface area contributed by atoms with E-state index in [1.807, 2.05) is 0 Å². The second-order valence-corrected chi connectivity index (χ2v) is 6.94. The average Bonchev–Trinajstić information content (AvgIpc) is 2.67. The van der Waals surface area contributed by atoms with Gasteiger partial charge in [-0.15, -0.1) is 0 Å². The van der Waals surface area contributed by atoms with Gasteiger partial charge in [-0.05, 0) is 12.1 Å². The van der Waals surface area contributed by atoms with Crippen LogP contribution in [-0.4, -0.2) is 33.2 Å². The van der Waals surface area contributed by atoms with Crippen molar-refractivity contribution in [2.45, 2.75) is 13.0 Å². The minimum Gasteiger partial charge on any atom is -0.462 e. The lowest BCUT2D eigenvalue weighted by atomic mass is 10.1. The highest BCUT2D eigenvalue weighted by Gasteiger charge is 2.20. The molecule has 1 saturated heterocycles. The average molecular weight is 343 g/mol. The van der Waals surface area contributed by atoms with Crippen molar-refractivity contribution in [3.63, 3.8) is 0 Å². The molecule has 1 aliphatic rings. The summed E-state index contributed by atoms with van der Waals surface area (Å²) in [6.45, 7) is 5.17. The highest BCUT2D eigenvalue weighted by molar-refractivity contribution is 6.38. The minimum absolute atomic E-state index is 0.0249. The van der Waals surface area contributed by atoms with Gasteiger partial charge in [-0.25, -0.2) is 0 Å². The molecule has 3 rings (SSSR count). The molecule has 0 radical (unpaired) electrons. The van der Waals surface area contributed by atoms with Gasteiger partial charge >= 0.3 is 0 Å². The molecule has 1 aliphatic heterocycles. The van der Waals surface area contributed by atoms with Crippen LogP contribution in [0.15, 0.2) is 27.6 Å². The van der Waals surface area contributed by atoms with Gasteiger partial charge in [0.2, 0.25) is 5.43 Å². The summed E-state index contributed by atoms with van der Waals surface area (Å²) in [6, 6.07) is 3.22. The van der Waals surface area contributed by atoms with Gasteiger partial charge in [0.1, 0.15) is 25.9 Å². The number of hydrogen-bond donors (Lipinski definition) is 2. The molecule has 0 aliphatic carbocycles. The fourth-order valence-electron chi connectivity index (χ4n) is 3.05. The van der Waals surface area contributed by atoms with Crippen molar-refractivity contribution in [2.24, 2.45) is 0 Å². The molecule has 2 N–H and O–H groups in total. The van der Waals surface area contributed by atoms with Crippen LogP contribution in [0, 0.1) is 0 Å². The molecular formula is C16H20Cl2N2O2+2. The van der Waals surface area contributed by atoms with Crippen molar-refractivity contribution < 1.29 is 14.2 Å². The molecule has 22 heavy (non-hydrogen) atoms. The summed E-state index contributed by atoms with van der Waals surface area (Å²) in [6.07, 6.45) is 2.73. The van der Waals surface area contributed by atoms with Gasteiger partial charge in [-0.1, -0.05) is 23.2 Å². The SMILES string of the molecule is C[NH+]1CCC[NH+](Cc2coc3c(Cl)cc(Cl)cc3c2=O)CC1. The third kappa shape index (κ3) is 3.30. The summed E-state index contributed by atoms with van der Waals surface area (Å²) in [5.74, 6) is 0. The molecule has 4 nitrogen and oxygen atoms in total. The molecule has 0 spiro atoms. The molecule has 1 aromatic carbocycles. The van der Waals surface area contributed by atoms with Gasteiger partial charge in [-0.3, -0.25) is 4.79 Å². The van der Waals surface area contributed by atoms with Crippen molar-refractivity contribution in [1.29, 1.82) is 0 Å². The van der Waals surface area contributed by atoms with Crippen molar-refractivity contribution in [2.75, 3.05) is 33.2 Å². The molecule has 2 atom stereocenters. The highest BCUT2D eigenvalue weighted by atomic mass is 35.5.